The Morgan fingerprint density at radius 1 is 1.29 bits per heavy atom. The Kier molecular flexibility index (Phi) is 6.74. The molecular weight excluding hydrogens is 505 g/mol. The summed E-state index contributed by atoms with van der Waals surface area (Å²) in [5.41, 5.74) is 2.22. The number of H-pyrrole nitrogens is 1. The van der Waals surface area contributed by atoms with Crippen molar-refractivity contribution >= 4 is 45.3 Å². The molecule has 0 aliphatic carbocycles. The zero-order valence-corrected chi connectivity index (χ0v) is 19.8. The second-order valence-electron chi connectivity index (χ2n) is 7.95. The minimum Gasteiger partial charge on any atom is -0.494 e. The van der Waals surface area contributed by atoms with Gasteiger partial charge in [-0.1, -0.05) is 12.1 Å². The Balaban J connectivity index is 1.54. The number of hydrogen-bond acceptors (Lipinski definition) is 5. The SMILES string of the molecule is COC(C)C1CCCN1Cc1ccc(N=Cc2c(O)[nH]c(=O)c3ccc(I)cc23)cc1. The maximum Gasteiger partial charge on any atom is 0.258 e. The van der Waals surface area contributed by atoms with E-state index in [1.807, 2.05) is 24.3 Å². The van der Waals surface area contributed by atoms with E-state index in [0.29, 0.717) is 22.4 Å². The van der Waals surface area contributed by atoms with Gasteiger partial charge in [0.25, 0.3) is 5.56 Å². The van der Waals surface area contributed by atoms with Gasteiger partial charge < -0.3 is 9.84 Å². The third-order valence-electron chi connectivity index (χ3n) is 6.00. The van der Waals surface area contributed by atoms with Crippen LogP contribution in [0.5, 0.6) is 5.88 Å². The number of likely N-dealkylation sites (tertiary alicyclic amines) is 1. The number of fused-ring (bicyclic) bond motifs is 1. The van der Waals surface area contributed by atoms with Gasteiger partial charge in [-0.3, -0.25) is 19.7 Å². The second-order valence-corrected chi connectivity index (χ2v) is 9.20. The molecular formula is C24H26IN3O3. The molecule has 0 spiro atoms. The van der Waals surface area contributed by atoms with Crippen LogP contribution in [0.1, 0.15) is 30.9 Å². The van der Waals surface area contributed by atoms with Crippen LogP contribution >= 0.6 is 22.6 Å². The zero-order chi connectivity index (χ0) is 22.0. The molecule has 31 heavy (non-hydrogen) atoms. The highest BCUT2D eigenvalue weighted by Crippen LogP contribution is 2.26. The van der Waals surface area contributed by atoms with Gasteiger partial charge in [-0.15, -0.1) is 0 Å². The standard InChI is InChI=1S/C24H26IN3O3/c1-15(31-2)22-4-3-11-28(22)14-16-5-8-18(9-6-16)26-13-21-20-12-17(25)7-10-19(20)23(29)27-24(21)30/h5-10,12-13,15,22H,3-4,11,14H2,1-2H3,(H2,27,29,30). The number of aromatic hydroxyl groups is 1. The Labute approximate surface area is 195 Å². The quantitative estimate of drug-likeness (QED) is 0.361. The molecule has 7 heteroatoms. The van der Waals surface area contributed by atoms with Crippen molar-refractivity contribution in [3.8, 4) is 5.88 Å². The minimum absolute atomic E-state index is 0.174. The predicted molar refractivity (Wildman–Crippen MR) is 133 cm³/mol. The van der Waals surface area contributed by atoms with Crippen molar-refractivity contribution in [3.05, 3.63) is 67.5 Å². The molecule has 1 aliphatic rings. The van der Waals surface area contributed by atoms with Crippen molar-refractivity contribution in [3.63, 3.8) is 0 Å². The van der Waals surface area contributed by atoms with Gasteiger partial charge in [0.05, 0.1) is 17.4 Å². The monoisotopic (exact) mass is 531 g/mol. The molecule has 0 saturated carbocycles. The number of nitrogens with zero attached hydrogens (tertiary/aromatic N) is 2. The van der Waals surface area contributed by atoms with Gasteiger partial charge in [0.2, 0.25) is 5.88 Å². The highest BCUT2D eigenvalue weighted by Gasteiger charge is 2.29. The number of aromatic nitrogens is 1. The Bertz CT molecular complexity index is 1160. The summed E-state index contributed by atoms with van der Waals surface area (Å²) in [4.78, 5) is 21.6. The van der Waals surface area contributed by atoms with Gasteiger partial charge in [0.15, 0.2) is 0 Å². The van der Waals surface area contributed by atoms with Crippen LogP contribution in [0.2, 0.25) is 0 Å². The van der Waals surface area contributed by atoms with Crippen molar-refractivity contribution in [1.29, 1.82) is 0 Å². The molecule has 2 unspecified atom stereocenters. The van der Waals surface area contributed by atoms with E-state index in [9.17, 15) is 9.90 Å². The van der Waals surface area contributed by atoms with Crippen molar-refractivity contribution in [2.45, 2.75) is 38.5 Å². The lowest BCUT2D eigenvalue weighted by atomic mass is 10.1. The van der Waals surface area contributed by atoms with Crippen LogP contribution in [0.4, 0.5) is 5.69 Å². The lowest BCUT2D eigenvalue weighted by Gasteiger charge is -2.28. The summed E-state index contributed by atoms with van der Waals surface area (Å²) < 4.78 is 6.53. The summed E-state index contributed by atoms with van der Waals surface area (Å²) in [5.74, 6) is -0.174. The zero-order valence-electron chi connectivity index (χ0n) is 17.6. The van der Waals surface area contributed by atoms with Crippen molar-refractivity contribution in [1.82, 2.24) is 9.88 Å². The fraction of sp³-hybridized carbons (Fsp3) is 0.333. The molecule has 0 radical (unpaired) electrons. The maximum atomic E-state index is 12.1. The highest BCUT2D eigenvalue weighted by atomic mass is 127. The molecule has 1 aromatic heterocycles. The van der Waals surface area contributed by atoms with Gasteiger partial charge in [0.1, 0.15) is 0 Å². The summed E-state index contributed by atoms with van der Waals surface area (Å²) >= 11 is 2.19. The Hall–Kier alpha value is -2.23. The van der Waals surface area contributed by atoms with E-state index < -0.39 is 0 Å². The smallest absolute Gasteiger partial charge is 0.258 e. The van der Waals surface area contributed by atoms with E-state index >= 15 is 0 Å². The lowest BCUT2D eigenvalue weighted by molar-refractivity contribution is 0.0411. The number of pyridine rings is 1. The predicted octanol–water partition coefficient (Wildman–Crippen LogP) is 4.59. The molecule has 1 saturated heterocycles. The third-order valence-corrected chi connectivity index (χ3v) is 6.67. The number of aromatic amines is 1. The summed E-state index contributed by atoms with van der Waals surface area (Å²) in [6.07, 6.45) is 4.22. The summed E-state index contributed by atoms with van der Waals surface area (Å²) in [6.45, 7) is 4.12. The van der Waals surface area contributed by atoms with Crippen molar-refractivity contribution in [2.24, 2.45) is 4.99 Å². The minimum atomic E-state index is -0.312. The molecule has 1 fully saturated rings. The molecule has 2 heterocycles. The van der Waals surface area contributed by atoms with E-state index in [2.05, 4.69) is 56.5 Å². The number of rotatable bonds is 6. The molecule has 0 bridgehead atoms. The van der Waals surface area contributed by atoms with Crippen molar-refractivity contribution < 1.29 is 9.84 Å². The molecule has 3 aromatic rings. The molecule has 2 N–H and O–H groups in total. The second kappa shape index (κ2) is 9.50. The Morgan fingerprint density at radius 2 is 2.06 bits per heavy atom. The number of halogens is 1. The van der Waals surface area contributed by atoms with Gasteiger partial charge in [-0.05, 0) is 84.8 Å². The van der Waals surface area contributed by atoms with Crippen LogP contribution in [0, 0.1) is 3.57 Å². The molecule has 2 aromatic carbocycles. The molecule has 162 valence electrons. The molecule has 0 amide bonds. The lowest BCUT2D eigenvalue weighted by Crippen LogP contribution is -2.37. The Morgan fingerprint density at radius 3 is 2.81 bits per heavy atom. The normalized spacial score (nSPS) is 18.2. The van der Waals surface area contributed by atoms with E-state index in [0.717, 1.165) is 22.3 Å². The number of hydrogen-bond donors (Lipinski definition) is 2. The van der Waals surface area contributed by atoms with E-state index in [1.54, 1.807) is 19.4 Å². The number of aliphatic imine (C=N–C) groups is 1. The summed E-state index contributed by atoms with van der Waals surface area (Å²) in [5, 5.41) is 11.5. The van der Waals surface area contributed by atoms with Crippen LogP contribution in [-0.4, -0.2) is 47.0 Å². The maximum absolute atomic E-state index is 12.1. The fourth-order valence-corrected chi connectivity index (χ4v) is 4.73. The summed E-state index contributed by atoms with van der Waals surface area (Å²) in [7, 11) is 1.78. The van der Waals surface area contributed by atoms with Gasteiger partial charge in [-0.25, -0.2) is 0 Å². The summed E-state index contributed by atoms with van der Waals surface area (Å²) in [6, 6.07) is 14.1. The molecule has 4 rings (SSSR count). The van der Waals surface area contributed by atoms with Crippen LogP contribution in [-0.2, 0) is 11.3 Å². The van der Waals surface area contributed by atoms with Crippen LogP contribution < -0.4 is 5.56 Å². The van der Waals surface area contributed by atoms with Crippen LogP contribution in [0.15, 0.2) is 52.3 Å². The number of ether oxygens (including phenoxy) is 1. The molecule has 1 aliphatic heterocycles. The van der Waals surface area contributed by atoms with Crippen molar-refractivity contribution in [2.75, 3.05) is 13.7 Å². The number of nitrogens with one attached hydrogen (secondary N) is 1. The highest BCUT2D eigenvalue weighted by molar-refractivity contribution is 14.1. The topological polar surface area (TPSA) is 77.9 Å². The van der Waals surface area contributed by atoms with Crippen LogP contribution in [0.25, 0.3) is 10.8 Å². The van der Waals surface area contributed by atoms with Gasteiger partial charge in [-0.2, -0.15) is 0 Å². The average molecular weight is 531 g/mol. The van der Waals surface area contributed by atoms with E-state index in [4.69, 9.17) is 4.74 Å². The first-order valence-corrected chi connectivity index (χ1v) is 11.5. The first-order valence-electron chi connectivity index (χ1n) is 10.4. The third kappa shape index (κ3) is 4.83. The number of benzene rings is 2. The fourth-order valence-electron chi connectivity index (χ4n) is 4.24. The molecule has 2 atom stereocenters. The first-order chi connectivity index (χ1) is 15.0. The van der Waals surface area contributed by atoms with E-state index in [-0.39, 0.29) is 17.5 Å². The van der Waals surface area contributed by atoms with Gasteiger partial charge >= 0.3 is 0 Å². The van der Waals surface area contributed by atoms with Crippen LogP contribution in [0.3, 0.4) is 0 Å². The van der Waals surface area contributed by atoms with Gasteiger partial charge in [0, 0.05) is 40.3 Å². The average Bonchev–Trinajstić information content (AvgIpc) is 3.22. The first kappa shape index (κ1) is 22.0. The molecule has 6 nitrogen and oxygen atoms in total. The largest absolute Gasteiger partial charge is 0.494 e. The number of methoxy groups -OCH3 is 1. The van der Waals surface area contributed by atoms with E-state index in [1.165, 1.54) is 18.4 Å².